The molecule has 2 aromatic carbocycles. The Morgan fingerprint density at radius 1 is 1.00 bits per heavy atom. The average Bonchev–Trinajstić information content (AvgIpc) is 2.74. The third kappa shape index (κ3) is 4.46. The molecule has 0 aliphatic carbocycles. The topological polar surface area (TPSA) is 90.0 Å². The largest absolute Gasteiger partial charge is 0.451 e. The van der Waals surface area contributed by atoms with E-state index in [1.165, 1.54) is 35.5 Å². The van der Waals surface area contributed by atoms with Crippen molar-refractivity contribution in [2.24, 2.45) is 0 Å². The fraction of sp³-hybridized carbons (Fsp3) is 0.300. The van der Waals surface area contributed by atoms with E-state index in [0.717, 1.165) is 0 Å². The number of Topliss-reactive ketones (excluding diaryl/α,β-unsaturated/α-hetero) is 1. The number of ether oxygens (including phenoxy) is 2. The summed E-state index contributed by atoms with van der Waals surface area (Å²) in [6.07, 6.45) is -0.991. The van der Waals surface area contributed by atoms with Crippen molar-refractivity contribution in [3.05, 3.63) is 65.7 Å². The minimum absolute atomic E-state index is 0.00545. The highest BCUT2D eigenvalue weighted by Crippen LogP contribution is 2.19. The molecule has 0 spiro atoms. The van der Waals surface area contributed by atoms with Crippen molar-refractivity contribution in [1.82, 2.24) is 4.31 Å². The van der Waals surface area contributed by atoms with E-state index in [4.69, 9.17) is 9.47 Å². The Morgan fingerprint density at radius 2 is 1.64 bits per heavy atom. The lowest BCUT2D eigenvalue weighted by atomic mass is 10.1. The molecule has 8 heteroatoms. The Labute approximate surface area is 163 Å². The molecule has 0 radical (unpaired) electrons. The van der Waals surface area contributed by atoms with Gasteiger partial charge in [-0.05, 0) is 25.1 Å². The maximum Gasteiger partial charge on any atom is 0.338 e. The molecule has 1 aliphatic rings. The zero-order valence-corrected chi connectivity index (χ0v) is 16.2. The summed E-state index contributed by atoms with van der Waals surface area (Å²) in [5, 5.41) is 0. The van der Waals surface area contributed by atoms with Crippen LogP contribution < -0.4 is 0 Å². The Hall–Kier alpha value is -2.55. The monoisotopic (exact) mass is 403 g/mol. The third-order valence-corrected chi connectivity index (χ3v) is 6.28. The maximum atomic E-state index is 12.7. The molecule has 1 unspecified atom stereocenters. The number of rotatable bonds is 6. The van der Waals surface area contributed by atoms with Gasteiger partial charge in [0, 0.05) is 18.7 Å². The van der Waals surface area contributed by atoms with Gasteiger partial charge in [0.15, 0.2) is 6.10 Å². The van der Waals surface area contributed by atoms with Crippen molar-refractivity contribution >= 4 is 21.8 Å². The van der Waals surface area contributed by atoms with Crippen molar-refractivity contribution in [2.75, 3.05) is 26.3 Å². The number of carbonyl (C=O) groups is 2. The summed E-state index contributed by atoms with van der Waals surface area (Å²) >= 11 is 0. The number of hydrogen-bond donors (Lipinski definition) is 0. The first kappa shape index (κ1) is 20.2. The van der Waals surface area contributed by atoms with Crippen LogP contribution in [0.4, 0.5) is 0 Å². The van der Waals surface area contributed by atoms with Crippen LogP contribution in [0.5, 0.6) is 0 Å². The highest BCUT2D eigenvalue weighted by molar-refractivity contribution is 7.89. The van der Waals surface area contributed by atoms with Crippen molar-refractivity contribution in [3.8, 4) is 0 Å². The van der Waals surface area contributed by atoms with Gasteiger partial charge in [-0.1, -0.05) is 36.4 Å². The highest BCUT2D eigenvalue weighted by atomic mass is 32.2. The minimum Gasteiger partial charge on any atom is -0.451 e. The second kappa shape index (κ2) is 8.64. The molecule has 2 aromatic rings. The van der Waals surface area contributed by atoms with Gasteiger partial charge in [0.05, 0.1) is 23.7 Å². The molecule has 28 heavy (non-hydrogen) atoms. The van der Waals surface area contributed by atoms with E-state index in [0.29, 0.717) is 18.8 Å². The summed E-state index contributed by atoms with van der Waals surface area (Å²) in [7, 11) is -3.73. The molecule has 0 saturated carbocycles. The Morgan fingerprint density at radius 3 is 2.32 bits per heavy atom. The zero-order valence-electron chi connectivity index (χ0n) is 15.4. The molecule has 1 atom stereocenters. The van der Waals surface area contributed by atoms with Gasteiger partial charge in [0.2, 0.25) is 15.8 Å². The van der Waals surface area contributed by atoms with E-state index in [9.17, 15) is 18.0 Å². The van der Waals surface area contributed by atoms with E-state index < -0.39 is 22.1 Å². The molecular weight excluding hydrogens is 382 g/mol. The number of sulfonamides is 1. The summed E-state index contributed by atoms with van der Waals surface area (Å²) in [6.45, 7) is 2.68. The lowest BCUT2D eigenvalue weighted by molar-refractivity contribution is 0.0318. The predicted molar refractivity (Wildman–Crippen MR) is 102 cm³/mol. The van der Waals surface area contributed by atoms with Gasteiger partial charge in [-0.25, -0.2) is 13.2 Å². The molecule has 1 aliphatic heterocycles. The summed E-state index contributed by atoms with van der Waals surface area (Å²) in [4.78, 5) is 24.8. The van der Waals surface area contributed by atoms with E-state index in [1.807, 2.05) is 0 Å². The van der Waals surface area contributed by atoms with Crippen LogP contribution in [0.2, 0.25) is 0 Å². The van der Waals surface area contributed by atoms with Crippen LogP contribution in [0.1, 0.15) is 27.6 Å². The first-order valence-electron chi connectivity index (χ1n) is 8.88. The fourth-order valence-corrected chi connectivity index (χ4v) is 4.29. The van der Waals surface area contributed by atoms with Crippen molar-refractivity contribution in [1.29, 1.82) is 0 Å². The molecule has 0 N–H and O–H groups in total. The van der Waals surface area contributed by atoms with Gasteiger partial charge in [-0.2, -0.15) is 4.31 Å². The molecule has 1 saturated heterocycles. The molecular formula is C20H21NO6S. The first-order valence-corrected chi connectivity index (χ1v) is 10.3. The summed E-state index contributed by atoms with van der Waals surface area (Å²) in [5.41, 5.74) is 0.508. The second-order valence-electron chi connectivity index (χ2n) is 6.32. The third-order valence-electron chi connectivity index (χ3n) is 4.39. The highest BCUT2D eigenvalue weighted by Gasteiger charge is 2.27. The number of morpholine rings is 1. The Kier molecular flexibility index (Phi) is 6.23. The average molecular weight is 403 g/mol. The molecule has 3 rings (SSSR count). The number of carbonyl (C=O) groups excluding carboxylic acids is 2. The molecule has 7 nitrogen and oxygen atoms in total. The molecule has 1 fully saturated rings. The standard InChI is InChI=1S/C20H21NO6S/c1-15(19(22)16-6-3-2-4-7-16)27-20(23)17-8-5-9-18(14-17)28(24,25)21-10-12-26-13-11-21/h2-9,14-15H,10-13H2,1H3. The van der Waals surface area contributed by atoms with Crippen LogP contribution in [0.15, 0.2) is 59.5 Å². The van der Waals surface area contributed by atoms with E-state index in [1.54, 1.807) is 30.3 Å². The van der Waals surface area contributed by atoms with E-state index >= 15 is 0 Å². The fourth-order valence-electron chi connectivity index (χ4n) is 2.84. The lowest BCUT2D eigenvalue weighted by Crippen LogP contribution is -2.40. The van der Waals surface area contributed by atoms with Crippen LogP contribution in [0, 0.1) is 0 Å². The van der Waals surface area contributed by atoms with Crippen LogP contribution in [-0.2, 0) is 19.5 Å². The summed E-state index contributed by atoms with van der Waals surface area (Å²) < 4.78 is 37.2. The van der Waals surface area contributed by atoms with Gasteiger partial charge >= 0.3 is 5.97 Å². The Bertz CT molecular complexity index is 952. The normalized spacial score (nSPS) is 16.3. The molecule has 148 valence electrons. The van der Waals surface area contributed by atoms with Gasteiger partial charge in [-0.3, -0.25) is 4.79 Å². The summed E-state index contributed by atoms with van der Waals surface area (Å²) in [5.74, 6) is -1.08. The number of benzene rings is 2. The van der Waals surface area contributed by atoms with Gasteiger partial charge in [-0.15, -0.1) is 0 Å². The molecule has 1 heterocycles. The molecule has 0 aromatic heterocycles. The van der Waals surface area contributed by atoms with Gasteiger partial charge in [0.1, 0.15) is 0 Å². The van der Waals surface area contributed by atoms with Crippen molar-refractivity contribution < 1.29 is 27.5 Å². The Balaban J connectivity index is 1.74. The van der Waals surface area contributed by atoms with E-state index in [2.05, 4.69) is 0 Å². The number of hydrogen-bond acceptors (Lipinski definition) is 6. The zero-order chi connectivity index (χ0) is 20.1. The smallest absolute Gasteiger partial charge is 0.338 e. The van der Waals surface area contributed by atoms with Gasteiger partial charge in [0.25, 0.3) is 0 Å². The molecule has 0 amide bonds. The summed E-state index contributed by atoms with van der Waals surface area (Å²) in [6, 6.07) is 14.2. The van der Waals surface area contributed by atoms with Crippen LogP contribution >= 0.6 is 0 Å². The van der Waals surface area contributed by atoms with Crippen molar-refractivity contribution in [2.45, 2.75) is 17.9 Å². The van der Waals surface area contributed by atoms with E-state index in [-0.39, 0.29) is 29.3 Å². The maximum absolute atomic E-state index is 12.7. The quantitative estimate of drug-likeness (QED) is 0.542. The minimum atomic E-state index is -3.73. The number of esters is 1. The molecule has 0 bridgehead atoms. The van der Waals surface area contributed by atoms with Crippen molar-refractivity contribution in [3.63, 3.8) is 0 Å². The second-order valence-corrected chi connectivity index (χ2v) is 8.26. The SMILES string of the molecule is CC(OC(=O)c1cccc(S(=O)(=O)N2CCOCC2)c1)C(=O)c1ccccc1. The van der Waals surface area contributed by atoms with Crippen LogP contribution in [0.3, 0.4) is 0 Å². The first-order chi connectivity index (χ1) is 13.4. The predicted octanol–water partition coefficient (Wildman–Crippen LogP) is 2.14. The lowest BCUT2D eigenvalue weighted by Gasteiger charge is -2.26. The number of nitrogens with zero attached hydrogens (tertiary/aromatic N) is 1. The number of ketones is 1. The van der Waals surface area contributed by atoms with Crippen LogP contribution in [-0.4, -0.2) is 56.9 Å². The van der Waals surface area contributed by atoms with Gasteiger partial charge < -0.3 is 9.47 Å². The van der Waals surface area contributed by atoms with Crippen LogP contribution in [0.25, 0.3) is 0 Å².